The summed E-state index contributed by atoms with van der Waals surface area (Å²) in [5, 5.41) is 8.40. The van der Waals surface area contributed by atoms with Crippen molar-refractivity contribution in [2.75, 3.05) is 31.7 Å². The monoisotopic (exact) mass is 415 g/mol. The van der Waals surface area contributed by atoms with Crippen LogP contribution < -0.4 is 20.7 Å². The van der Waals surface area contributed by atoms with E-state index in [1.165, 1.54) is 0 Å². The molecule has 2 aromatic rings. The number of rotatable bonds is 9. The van der Waals surface area contributed by atoms with Crippen molar-refractivity contribution in [3.63, 3.8) is 0 Å². The van der Waals surface area contributed by atoms with Gasteiger partial charge in [-0.1, -0.05) is 12.1 Å². The number of carbonyl (C=O) groups is 2. The average Bonchev–Trinajstić information content (AvgIpc) is 2.71. The molecule has 0 aliphatic carbocycles. The van der Waals surface area contributed by atoms with Crippen LogP contribution in [0.5, 0.6) is 5.75 Å². The van der Waals surface area contributed by atoms with E-state index in [1.807, 2.05) is 13.8 Å². The number of amides is 2. The molecule has 0 spiro atoms. The summed E-state index contributed by atoms with van der Waals surface area (Å²) in [5.41, 5.74) is 1.52. The molecular weight excluding hydrogens is 390 g/mol. The number of ether oxygens (including phenoxy) is 2. The Kier molecular flexibility index (Phi) is 9.07. The molecule has 0 unspecified atom stereocenters. The lowest BCUT2D eigenvalue weighted by Gasteiger charge is -2.12. The van der Waals surface area contributed by atoms with Gasteiger partial charge in [-0.25, -0.2) is 0 Å². The van der Waals surface area contributed by atoms with Crippen LogP contribution in [-0.2, 0) is 4.74 Å². The maximum absolute atomic E-state index is 12.5. The number of nitrogens with one attached hydrogen (secondary N) is 3. The molecule has 8 heteroatoms. The van der Waals surface area contributed by atoms with E-state index in [0.717, 1.165) is 0 Å². The quantitative estimate of drug-likeness (QED) is 0.431. The van der Waals surface area contributed by atoms with Crippen molar-refractivity contribution in [3.05, 3.63) is 59.7 Å². The second-order valence-corrected chi connectivity index (χ2v) is 6.33. The summed E-state index contributed by atoms with van der Waals surface area (Å²) in [6, 6.07) is 13.7. The van der Waals surface area contributed by atoms with Gasteiger partial charge in [-0.05, 0) is 62.5 Å². The van der Waals surface area contributed by atoms with Gasteiger partial charge in [-0.2, -0.15) is 0 Å². The first-order chi connectivity index (χ1) is 14.0. The molecule has 2 amide bonds. The minimum absolute atomic E-state index is 0.130. The zero-order chi connectivity index (χ0) is 21.1. The standard InChI is InChI=1S/C21H25N3O4S/c1-3-22-19(25)15-7-5-9-17(13-15)23-21(29)24-20(26)16-8-6-10-18(14-16)28-12-11-27-4-2/h5-10,13-14H,3-4,11-12H2,1-2H3,(H,22,25)(H2,23,24,26,29). The predicted molar refractivity (Wildman–Crippen MR) is 117 cm³/mol. The molecule has 0 aliphatic heterocycles. The van der Waals surface area contributed by atoms with Gasteiger partial charge >= 0.3 is 0 Å². The van der Waals surface area contributed by atoms with E-state index >= 15 is 0 Å². The summed E-state index contributed by atoms with van der Waals surface area (Å²) in [6.45, 7) is 5.82. The fourth-order valence-electron chi connectivity index (χ4n) is 2.43. The molecule has 0 atom stereocenters. The van der Waals surface area contributed by atoms with Gasteiger partial charge in [0.1, 0.15) is 12.4 Å². The number of anilines is 1. The highest BCUT2D eigenvalue weighted by atomic mass is 32.1. The molecule has 0 radical (unpaired) electrons. The number of hydrogen-bond donors (Lipinski definition) is 3. The fraction of sp³-hybridized carbons (Fsp3) is 0.286. The van der Waals surface area contributed by atoms with Crippen molar-refractivity contribution in [1.29, 1.82) is 0 Å². The van der Waals surface area contributed by atoms with Crippen molar-refractivity contribution >= 4 is 34.8 Å². The number of benzene rings is 2. The lowest BCUT2D eigenvalue weighted by Crippen LogP contribution is -2.34. The van der Waals surface area contributed by atoms with Crippen molar-refractivity contribution in [2.45, 2.75) is 13.8 Å². The van der Waals surface area contributed by atoms with E-state index in [4.69, 9.17) is 21.7 Å². The maximum Gasteiger partial charge on any atom is 0.257 e. The third-order valence-corrected chi connectivity index (χ3v) is 3.95. The van der Waals surface area contributed by atoms with E-state index in [0.29, 0.717) is 48.9 Å². The predicted octanol–water partition coefficient (Wildman–Crippen LogP) is 2.98. The molecule has 0 saturated carbocycles. The summed E-state index contributed by atoms with van der Waals surface area (Å²) < 4.78 is 10.8. The zero-order valence-corrected chi connectivity index (χ0v) is 17.3. The summed E-state index contributed by atoms with van der Waals surface area (Å²) in [6.07, 6.45) is 0. The summed E-state index contributed by atoms with van der Waals surface area (Å²) in [5.74, 6) is 0.0377. The largest absolute Gasteiger partial charge is 0.491 e. The van der Waals surface area contributed by atoms with Crippen LogP contribution in [0.25, 0.3) is 0 Å². The highest BCUT2D eigenvalue weighted by molar-refractivity contribution is 7.80. The smallest absolute Gasteiger partial charge is 0.257 e. The Labute approximate surface area is 175 Å². The van der Waals surface area contributed by atoms with Gasteiger partial charge in [-0.3, -0.25) is 14.9 Å². The van der Waals surface area contributed by atoms with Crippen LogP contribution in [0.15, 0.2) is 48.5 Å². The summed E-state index contributed by atoms with van der Waals surface area (Å²) in [7, 11) is 0. The second kappa shape index (κ2) is 11.8. The Bertz CT molecular complexity index is 857. The highest BCUT2D eigenvalue weighted by Crippen LogP contribution is 2.14. The molecule has 3 N–H and O–H groups in total. The number of carbonyl (C=O) groups excluding carboxylic acids is 2. The molecular formula is C21H25N3O4S. The Morgan fingerprint density at radius 3 is 2.41 bits per heavy atom. The SMILES string of the molecule is CCNC(=O)c1cccc(NC(=S)NC(=O)c2cccc(OCCOCC)c2)c1. The summed E-state index contributed by atoms with van der Waals surface area (Å²) in [4.78, 5) is 24.4. The van der Waals surface area contributed by atoms with E-state index in [-0.39, 0.29) is 16.9 Å². The molecule has 0 fully saturated rings. The van der Waals surface area contributed by atoms with Crippen molar-refractivity contribution in [2.24, 2.45) is 0 Å². The molecule has 0 aliphatic rings. The van der Waals surface area contributed by atoms with Crippen molar-refractivity contribution in [3.8, 4) is 5.75 Å². The topological polar surface area (TPSA) is 88.7 Å². The molecule has 29 heavy (non-hydrogen) atoms. The van der Waals surface area contributed by atoms with E-state index in [2.05, 4.69) is 16.0 Å². The van der Waals surface area contributed by atoms with Crippen molar-refractivity contribution in [1.82, 2.24) is 10.6 Å². The molecule has 0 heterocycles. The Balaban J connectivity index is 1.93. The van der Waals surface area contributed by atoms with Crippen LogP contribution in [0, 0.1) is 0 Å². The normalized spacial score (nSPS) is 10.1. The molecule has 0 bridgehead atoms. The first-order valence-electron chi connectivity index (χ1n) is 9.34. The average molecular weight is 416 g/mol. The number of thiocarbonyl (C=S) groups is 1. The lowest BCUT2D eigenvalue weighted by molar-refractivity contribution is 0.0952. The molecule has 7 nitrogen and oxygen atoms in total. The van der Waals surface area contributed by atoms with Crippen LogP contribution in [0.2, 0.25) is 0 Å². The van der Waals surface area contributed by atoms with Gasteiger partial charge in [0.2, 0.25) is 0 Å². The molecule has 0 saturated heterocycles. The minimum atomic E-state index is -0.363. The van der Waals surface area contributed by atoms with Crippen molar-refractivity contribution < 1.29 is 19.1 Å². The first kappa shape index (κ1) is 22.3. The van der Waals surface area contributed by atoms with E-state index in [9.17, 15) is 9.59 Å². The van der Waals surface area contributed by atoms with Crippen LogP contribution in [0.3, 0.4) is 0 Å². The molecule has 2 aromatic carbocycles. The molecule has 2 rings (SSSR count). The van der Waals surface area contributed by atoms with Crippen LogP contribution >= 0.6 is 12.2 Å². The second-order valence-electron chi connectivity index (χ2n) is 5.92. The third-order valence-electron chi connectivity index (χ3n) is 3.74. The minimum Gasteiger partial charge on any atom is -0.491 e. The van der Waals surface area contributed by atoms with E-state index in [1.54, 1.807) is 48.5 Å². The van der Waals surface area contributed by atoms with E-state index < -0.39 is 0 Å². The molecule has 154 valence electrons. The van der Waals surface area contributed by atoms with Gasteiger partial charge in [0.05, 0.1) is 6.61 Å². The van der Waals surface area contributed by atoms with Gasteiger partial charge in [0, 0.05) is 30.0 Å². The fourth-order valence-corrected chi connectivity index (χ4v) is 2.64. The molecule has 0 aromatic heterocycles. The Hall–Kier alpha value is -2.97. The van der Waals surface area contributed by atoms with Gasteiger partial charge in [-0.15, -0.1) is 0 Å². The Morgan fingerprint density at radius 1 is 0.966 bits per heavy atom. The van der Waals surface area contributed by atoms with Gasteiger partial charge in [0.15, 0.2) is 5.11 Å². The van der Waals surface area contributed by atoms with Crippen LogP contribution in [-0.4, -0.2) is 43.3 Å². The lowest BCUT2D eigenvalue weighted by atomic mass is 10.2. The number of hydrogen-bond acceptors (Lipinski definition) is 5. The van der Waals surface area contributed by atoms with Crippen LogP contribution in [0.4, 0.5) is 5.69 Å². The van der Waals surface area contributed by atoms with Crippen LogP contribution in [0.1, 0.15) is 34.6 Å². The van der Waals surface area contributed by atoms with Gasteiger partial charge < -0.3 is 20.1 Å². The zero-order valence-electron chi connectivity index (χ0n) is 16.5. The first-order valence-corrected chi connectivity index (χ1v) is 9.75. The third kappa shape index (κ3) is 7.52. The summed E-state index contributed by atoms with van der Waals surface area (Å²) >= 11 is 5.21. The highest BCUT2D eigenvalue weighted by Gasteiger charge is 2.10. The Morgan fingerprint density at radius 2 is 1.69 bits per heavy atom. The van der Waals surface area contributed by atoms with Gasteiger partial charge in [0.25, 0.3) is 11.8 Å². The maximum atomic E-state index is 12.5.